The van der Waals surface area contributed by atoms with E-state index in [1.807, 2.05) is 50.2 Å². The summed E-state index contributed by atoms with van der Waals surface area (Å²) in [4.78, 5) is 50.4. The van der Waals surface area contributed by atoms with Crippen molar-refractivity contribution in [3.8, 4) is 0 Å². The van der Waals surface area contributed by atoms with Crippen LogP contribution >= 0.6 is 11.8 Å². The summed E-state index contributed by atoms with van der Waals surface area (Å²) in [6.07, 6.45) is 3.32. The Morgan fingerprint density at radius 2 is 1.82 bits per heavy atom. The van der Waals surface area contributed by atoms with Crippen molar-refractivity contribution in [2.24, 2.45) is 5.73 Å². The fraction of sp³-hybridized carbons (Fsp3) is 0.167. The normalized spacial score (nSPS) is 15.0. The van der Waals surface area contributed by atoms with Crippen LogP contribution in [0.2, 0.25) is 0 Å². The number of carbonyl (C=O) groups excluding carboxylic acids is 4. The first-order valence-corrected chi connectivity index (χ1v) is 11.0. The van der Waals surface area contributed by atoms with E-state index in [2.05, 4.69) is 5.32 Å². The van der Waals surface area contributed by atoms with Crippen molar-refractivity contribution in [2.75, 3.05) is 11.9 Å². The molecule has 1 saturated heterocycles. The van der Waals surface area contributed by atoms with Crippen LogP contribution in [0.5, 0.6) is 0 Å². The summed E-state index contributed by atoms with van der Waals surface area (Å²) in [5.41, 5.74) is 9.53. The van der Waals surface area contributed by atoms with Crippen molar-refractivity contribution < 1.29 is 19.2 Å². The number of rotatable bonds is 6. The molecule has 1 aromatic heterocycles. The van der Waals surface area contributed by atoms with Crippen LogP contribution in [0.25, 0.3) is 17.0 Å². The zero-order chi connectivity index (χ0) is 23.7. The van der Waals surface area contributed by atoms with E-state index in [0.717, 1.165) is 38.7 Å². The molecule has 0 atom stereocenters. The van der Waals surface area contributed by atoms with E-state index in [9.17, 15) is 19.2 Å². The highest BCUT2D eigenvalue weighted by Crippen LogP contribution is 2.34. The number of imide groups is 1. The standard InChI is InChI=1S/C24H22N4O4S/c1-14-7-8-17(9-15(14)2)26-22(30)13-28-23(31)20(33-24(28)32)10-16-11-27(12-21(25)29)19-6-4-3-5-18(16)19/h3-11H,12-13H2,1-2H3,(H2,25,29)(H,26,30). The summed E-state index contributed by atoms with van der Waals surface area (Å²) in [5, 5.41) is 3.03. The predicted octanol–water partition coefficient (Wildman–Crippen LogP) is 3.42. The van der Waals surface area contributed by atoms with Crippen LogP contribution < -0.4 is 11.1 Å². The first kappa shape index (κ1) is 22.3. The number of aryl methyl sites for hydroxylation is 2. The van der Waals surface area contributed by atoms with Gasteiger partial charge in [0.15, 0.2) is 0 Å². The van der Waals surface area contributed by atoms with E-state index in [4.69, 9.17) is 5.73 Å². The largest absolute Gasteiger partial charge is 0.368 e. The van der Waals surface area contributed by atoms with E-state index in [1.54, 1.807) is 22.9 Å². The summed E-state index contributed by atoms with van der Waals surface area (Å²) >= 11 is 0.779. The molecule has 2 aromatic carbocycles. The minimum Gasteiger partial charge on any atom is -0.368 e. The van der Waals surface area contributed by atoms with Crippen molar-refractivity contribution in [3.63, 3.8) is 0 Å². The number of carbonyl (C=O) groups is 4. The SMILES string of the molecule is Cc1ccc(NC(=O)CN2C(=O)SC(=Cc3cn(CC(N)=O)c4ccccc34)C2=O)cc1C. The van der Waals surface area contributed by atoms with Crippen LogP contribution in [0.3, 0.4) is 0 Å². The fourth-order valence-corrected chi connectivity index (χ4v) is 4.46. The molecule has 2 heterocycles. The number of aromatic nitrogens is 1. The summed E-state index contributed by atoms with van der Waals surface area (Å²) in [6.45, 7) is 3.53. The molecule has 1 aliphatic heterocycles. The number of para-hydroxylation sites is 1. The second-order valence-electron chi connectivity index (χ2n) is 7.81. The average Bonchev–Trinajstić information content (AvgIpc) is 3.22. The lowest BCUT2D eigenvalue weighted by Crippen LogP contribution is -2.36. The molecule has 3 N–H and O–H groups in total. The lowest BCUT2D eigenvalue weighted by molar-refractivity contribution is -0.127. The molecule has 0 saturated carbocycles. The molecule has 0 radical (unpaired) electrons. The molecule has 168 valence electrons. The number of hydrogen-bond donors (Lipinski definition) is 2. The number of nitrogens with two attached hydrogens (primary N) is 1. The first-order valence-electron chi connectivity index (χ1n) is 10.2. The second kappa shape index (κ2) is 8.95. The number of nitrogens with one attached hydrogen (secondary N) is 1. The molecule has 0 unspecified atom stereocenters. The number of primary amides is 1. The third kappa shape index (κ3) is 4.68. The molecule has 4 amide bonds. The Hall–Kier alpha value is -3.85. The van der Waals surface area contributed by atoms with Gasteiger partial charge in [0.2, 0.25) is 11.8 Å². The quantitative estimate of drug-likeness (QED) is 0.545. The van der Waals surface area contributed by atoms with Crippen LogP contribution in [-0.4, -0.2) is 39.0 Å². The van der Waals surface area contributed by atoms with Crippen molar-refractivity contribution in [3.05, 3.63) is 70.3 Å². The molecule has 0 spiro atoms. The lowest BCUT2D eigenvalue weighted by atomic mass is 10.1. The van der Waals surface area contributed by atoms with Crippen LogP contribution in [0, 0.1) is 13.8 Å². The van der Waals surface area contributed by atoms with E-state index >= 15 is 0 Å². The van der Waals surface area contributed by atoms with Crippen LogP contribution in [-0.2, 0) is 20.9 Å². The molecule has 1 fully saturated rings. The van der Waals surface area contributed by atoms with Gasteiger partial charge in [-0.1, -0.05) is 24.3 Å². The van der Waals surface area contributed by atoms with E-state index in [1.165, 1.54) is 0 Å². The van der Waals surface area contributed by atoms with Crippen LogP contribution in [0.1, 0.15) is 16.7 Å². The number of benzene rings is 2. The average molecular weight is 463 g/mol. The lowest BCUT2D eigenvalue weighted by Gasteiger charge is -2.13. The molecule has 4 rings (SSSR count). The molecule has 9 heteroatoms. The number of thioether (sulfide) groups is 1. The highest BCUT2D eigenvalue weighted by molar-refractivity contribution is 8.18. The van der Waals surface area contributed by atoms with Gasteiger partial charge < -0.3 is 15.6 Å². The van der Waals surface area contributed by atoms with Gasteiger partial charge in [0, 0.05) is 28.4 Å². The third-order valence-electron chi connectivity index (χ3n) is 5.40. The summed E-state index contributed by atoms with van der Waals surface area (Å²) in [5.74, 6) is -1.48. The molecule has 0 bridgehead atoms. The Morgan fingerprint density at radius 1 is 1.06 bits per heavy atom. The highest BCUT2D eigenvalue weighted by Gasteiger charge is 2.36. The van der Waals surface area contributed by atoms with Gasteiger partial charge in [0.25, 0.3) is 11.1 Å². The van der Waals surface area contributed by atoms with Gasteiger partial charge >= 0.3 is 0 Å². The smallest absolute Gasteiger partial charge is 0.294 e. The maximum atomic E-state index is 12.9. The van der Waals surface area contributed by atoms with Crippen LogP contribution in [0.15, 0.2) is 53.6 Å². The number of hydrogen-bond acceptors (Lipinski definition) is 5. The van der Waals surface area contributed by atoms with E-state index in [0.29, 0.717) is 11.3 Å². The van der Waals surface area contributed by atoms with Gasteiger partial charge in [-0.05, 0) is 61.0 Å². The molecule has 33 heavy (non-hydrogen) atoms. The van der Waals surface area contributed by atoms with Crippen molar-refractivity contribution in [1.82, 2.24) is 9.47 Å². The fourth-order valence-electron chi connectivity index (χ4n) is 3.63. The van der Waals surface area contributed by atoms with Gasteiger partial charge in [-0.2, -0.15) is 0 Å². The van der Waals surface area contributed by atoms with Crippen LogP contribution in [0.4, 0.5) is 10.5 Å². The topological polar surface area (TPSA) is 114 Å². The zero-order valence-corrected chi connectivity index (χ0v) is 18.9. The number of nitrogens with zero attached hydrogens (tertiary/aromatic N) is 2. The Labute approximate surface area is 194 Å². The van der Waals surface area contributed by atoms with Gasteiger partial charge in [-0.15, -0.1) is 0 Å². The number of amides is 4. The first-order chi connectivity index (χ1) is 15.7. The molecule has 1 aliphatic rings. The maximum Gasteiger partial charge on any atom is 0.294 e. The minimum atomic E-state index is -0.535. The van der Waals surface area contributed by atoms with E-state index in [-0.39, 0.29) is 18.0 Å². The monoisotopic (exact) mass is 462 g/mol. The van der Waals surface area contributed by atoms with Crippen molar-refractivity contribution in [2.45, 2.75) is 20.4 Å². The summed E-state index contributed by atoms with van der Waals surface area (Å²) < 4.78 is 1.70. The van der Waals surface area contributed by atoms with E-state index < -0.39 is 23.0 Å². The maximum absolute atomic E-state index is 12.9. The zero-order valence-electron chi connectivity index (χ0n) is 18.1. The Bertz CT molecular complexity index is 1340. The number of fused-ring (bicyclic) bond motifs is 1. The molecular weight excluding hydrogens is 440 g/mol. The van der Waals surface area contributed by atoms with Gasteiger partial charge in [-0.25, -0.2) is 0 Å². The summed E-state index contributed by atoms with van der Waals surface area (Å²) in [7, 11) is 0. The van der Waals surface area contributed by atoms with Crippen molar-refractivity contribution >= 4 is 57.4 Å². The molecular formula is C24H22N4O4S. The van der Waals surface area contributed by atoms with Gasteiger partial charge in [0.05, 0.1) is 4.91 Å². The Morgan fingerprint density at radius 3 is 2.55 bits per heavy atom. The molecule has 8 nitrogen and oxygen atoms in total. The molecule has 3 aromatic rings. The second-order valence-corrected chi connectivity index (χ2v) is 8.80. The highest BCUT2D eigenvalue weighted by atomic mass is 32.2. The van der Waals surface area contributed by atoms with Gasteiger partial charge in [0.1, 0.15) is 13.1 Å². The predicted molar refractivity (Wildman–Crippen MR) is 128 cm³/mol. The Kier molecular flexibility index (Phi) is 6.06. The van der Waals surface area contributed by atoms with Gasteiger partial charge in [-0.3, -0.25) is 24.1 Å². The minimum absolute atomic E-state index is 0.00547. The third-order valence-corrected chi connectivity index (χ3v) is 6.31. The molecule has 0 aliphatic carbocycles. The Balaban J connectivity index is 1.54. The van der Waals surface area contributed by atoms with Crippen molar-refractivity contribution in [1.29, 1.82) is 0 Å². The number of anilines is 1. The summed E-state index contributed by atoms with van der Waals surface area (Å²) in [6, 6.07) is 12.9.